The van der Waals surface area contributed by atoms with E-state index < -0.39 is 11.7 Å². The number of hydrogen-bond donors (Lipinski definition) is 2. The van der Waals surface area contributed by atoms with Crippen LogP contribution in [0.4, 0.5) is 15.8 Å². The number of carbonyl (C=O) groups is 3. The van der Waals surface area contributed by atoms with Gasteiger partial charge in [-0.2, -0.15) is 0 Å². The first-order valence-corrected chi connectivity index (χ1v) is 9.73. The maximum Gasteiger partial charge on any atom is 0.227 e. The van der Waals surface area contributed by atoms with Crippen LogP contribution in [0, 0.1) is 17.7 Å². The van der Waals surface area contributed by atoms with Crippen molar-refractivity contribution in [1.29, 1.82) is 0 Å². The van der Waals surface area contributed by atoms with Gasteiger partial charge in [0.05, 0.1) is 11.6 Å². The first-order valence-electron chi connectivity index (χ1n) is 9.73. The van der Waals surface area contributed by atoms with Crippen molar-refractivity contribution in [3.63, 3.8) is 0 Å². The highest BCUT2D eigenvalue weighted by Gasteiger charge is 2.36. The summed E-state index contributed by atoms with van der Waals surface area (Å²) in [4.78, 5) is 38.0. The SMILES string of the molecule is O=C(Nc1cccc(CNC(=O)[C@H]2CC(=O)N(c3ccccc3F)C2)c1)C1CC1. The summed E-state index contributed by atoms with van der Waals surface area (Å²) >= 11 is 0. The molecule has 0 spiro atoms. The second-order valence-electron chi connectivity index (χ2n) is 7.54. The molecule has 2 aliphatic rings. The van der Waals surface area contributed by atoms with Crippen LogP contribution in [-0.4, -0.2) is 24.3 Å². The molecule has 7 heteroatoms. The maximum absolute atomic E-state index is 14.0. The fourth-order valence-corrected chi connectivity index (χ4v) is 3.47. The van der Waals surface area contributed by atoms with Gasteiger partial charge in [0, 0.05) is 31.1 Å². The third-order valence-electron chi connectivity index (χ3n) is 5.25. The monoisotopic (exact) mass is 395 g/mol. The molecule has 0 radical (unpaired) electrons. The highest BCUT2D eigenvalue weighted by molar-refractivity contribution is 6.00. The highest BCUT2D eigenvalue weighted by Crippen LogP contribution is 2.30. The smallest absolute Gasteiger partial charge is 0.227 e. The Morgan fingerprint density at radius 1 is 1.03 bits per heavy atom. The first kappa shape index (κ1) is 19.1. The number of benzene rings is 2. The number of amides is 3. The highest BCUT2D eigenvalue weighted by atomic mass is 19.1. The van der Waals surface area contributed by atoms with Crippen molar-refractivity contribution in [1.82, 2.24) is 5.32 Å². The Morgan fingerprint density at radius 3 is 2.59 bits per heavy atom. The molecule has 6 nitrogen and oxygen atoms in total. The van der Waals surface area contributed by atoms with Crippen molar-refractivity contribution in [3.05, 3.63) is 59.9 Å². The number of halogens is 1. The number of hydrogen-bond acceptors (Lipinski definition) is 3. The third kappa shape index (κ3) is 4.45. The van der Waals surface area contributed by atoms with E-state index in [4.69, 9.17) is 0 Å². The van der Waals surface area contributed by atoms with Gasteiger partial charge in [0.2, 0.25) is 17.7 Å². The van der Waals surface area contributed by atoms with E-state index in [-0.39, 0.29) is 48.8 Å². The standard InChI is InChI=1S/C22H22FN3O3/c23-18-6-1-2-7-19(18)26-13-16(11-20(26)27)21(28)24-12-14-4-3-5-17(10-14)25-22(29)15-8-9-15/h1-7,10,15-16H,8-9,11-13H2,(H,24,28)(H,25,29)/t16-/m0/s1. The maximum atomic E-state index is 14.0. The molecule has 1 aliphatic carbocycles. The summed E-state index contributed by atoms with van der Waals surface area (Å²) in [6, 6.07) is 13.4. The van der Waals surface area contributed by atoms with Crippen LogP contribution in [0.15, 0.2) is 48.5 Å². The average Bonchev–Trinajstić information content (AvgIpc) is 3.49. The Kier molecular flexibility index (Phi) is 5.29. The number of carbonyl (C=O) groups excluding carboxylic acids is 3. The van der Waals surface area contributed by atoms with Gasteiger partial charge in [-0.25, -0.2) is 4.39 Å². The molecule has 2 aromatic rings. The zero-order chi connectivity index (χ0) is 20.4. The zero-order valence-corrected chi connectivity index (χ0v) is 15.9. The Morgan fingerprint density at radius 2 is 1.83 bits per heavy atom. The van der Waals surface area contributed by atoms with Gasteiger partial charge in [0.15, 0.2) is 0 Å². The minimum Gasteiger partial charge on any atom is -0.352 e. The third-order valence-corrected chi connectivity index (χ3v) is 5.25. The predicted molar refractivity (Wildman–Crippen MR) is 107 cm³/mol. The molecule has 2 aromatic carbocycles. The van der Waals surface area contributed by atoms with E-state index in [2.05, 4.69) is 10.6 Å². The summed E-state index contributed by atoms with van der Waals surface area (Å²) in [7, 11) is 0. The lowest BCUT2D eigenvalue weighted by Gasteiger charge is -2.17. The van der Waals surface area contributed by atoms with E-state index in [9.17, 15) is 18.8 Å². The van der Waals surface area contributed by atoms with Gasteiger partial charge in [-0.3, -0.25) is 14.4 Å². The molecule has 1 atom stereocenters. The molecule has 1 heterocycles. The molecule has 3 amide bonds. The largest absolute Gasteiger partial charge is 0.352 e. The molecule has 1 saturated carbocycles. The summed E-state index contributed by atoms with van der Waals surface area (Å²) in [6.45, 7) is 0.444. The van der Waals surface area contributed by atoms with Gasteiger partial charge in [0.1, 0.15) is 5.82 Å². The molecule has 1 saturated heterocycles. The molecule has 29 heavy (non-hydrogen) atoms. The summed E-state index contributed by atoms with van der Waals surface area (Å²) in [5.74, 6) is -1.36. The number of para-hydroxylation sites is 1. The fraction of sp³-hybridized carbons (Fsp3) is 0.318. The lowest BCUT2D eigenvalue weighted by atomic mass is 10.1. The Labute approximate surface area is 168 Å². The molecule has 0 unspecified atom stereocenters. The van der Waals surface area contributed by atoms with Crippen molar-refractivity contribution in [2.45, 2.75) is 25.8 Å². The van der Waals surface area contributed by atoms with Crippen LogP contribution in [0.2, 0.25) is 0 Å². The first-order chi connectivity index (χ1) is 14.0. The second kappa shape index (κ2) is 8.03. The van der Waals surface area contributed by atoms with E-state index in [0.717, 1.165) is 18.4 Å². The van der Waals surface area contributed by atoms with Crippen LogP contribution in [0.25, 0.3) is 0 Å². The molecule has 1 aliphatic heterocycles. The molecule has 2 fully saturated rings. The minimum absolute atomic E-state index is 0.0314. The number of nitrogens with one attached hydrogen (secondary N) is 2. The fourth-order valence-electron chi connectivity index (χ4n) is 3.47. The van der Waals surface area contributed by atoms with Crippen molar-refractivity contribution in [2.75, 3.05) is 16.8 Å². The van der Waals surface area contributed by atoms with Crippen LogP contribution in [0.3, 0.4) is 0 Å². The van der Waals surface area contributed by atoms with E-state index in [1.165, 1.54) is 17.0 Å². The van der Waals surface area contributed by atoms with Gasteiger partial charge >= 0.3 is 0 Å². The lowest BCUT2D eigenvalue weighted by molar-refractivity contribution is -0.126. The van der Waals surface area contributed by atoms with Crippen LogP contribution in [0.5, 0.6) is 0 Å². The molecule has 4 rings (SSSR count). The van der Waals surface area contributed by atoms with Crippen LogP contribution < -0.4 is 15.5 Å². The molecular weight excluding hydrogens is 373 g/mol. The Hall–Kier alpha value is -3.22. The molecule has 150 valence electrons. The molecular formula is C22H22FN3O3. The summed E-state index contributed by atoms with van der Waals surface area (Å²) in [6.07, 6.45) is 1.93. The average molecular weight is 395 g/mol. The van der Waals surface area contributed by atoms with Gasteiger partial charge < -0.3 is 15.5 Å². The van der Waals surface area contributed by atoms with E-state index in [1.54, 1.807) is 12.1 Å². The van der Waals surface area contributed by atoms with Gasteiger partial charge in [-0.15, -0.1) is 0 Å². The molecule has 0 bridgehead atoms. The quantitative estimate of drug-likeness (QED) is 0.790. The number of rotatable bonds is 6. The summed E-state index contributed by atoms with van der Waals surface area (Å²) < 4.78 is 14.0. The van der Waals surface area contributed by atoms with Crippen LogP contribution >= 0.6 is 0 Å². The van der Waals surface area contributed by atoms with E-state index in [0.29, 0.717) is 5.69 Å². The second-order valence-corrected chi connectivity index (χ2v) is 7.54. The Balaban J connectivity index is 1.34. The van der Waals surface area contributed by atoms with E-state index >= 15 is 0 Å². The van der Waals surface area contributed by atoms with Crippen LogP contribution in [-0.2, 0) is 20.9 Å². The van der Waals surface area contributed by atoms with Crippen LogP contribution in [0.1, 0.15) is 24.8 Å². The predicted octanol–water partition coefficient (Wildman–Crippen LogP) is 2.84. The van der Waals surface area contributed by atoms with Gasteiger partial charge in [-0.05, 0) is 42.7 Å². The number of anilines is 2. The van der Waals surface area contributed by atoms with E-state index in [1.807, 2.05) is 24.3 Å². The lowest BCUT2D eigenvalue weighted by Crippen LogP contribution is -2.32. The van der Waals surface area contributed by atoms with Crippen molar-refractivity contribution in [2.24, 2.45) is 11.8 Å². The summed E-state index contributed by atoms with van der Waals surface area (Å²) in [5, 5.41) is 5.72. The van der Waals surface area contributed by atoms with Gasteiger partial charge in [-0.1, -0.05) is 24.3 Å². The topological polar surface area (TPSA) is 78.5 Å². The Bertz CT molecular complexity index is 958. The van der Waals surface area contributed by atoms with Crippen molar-refractivity contribution < 1.29 is 18.8 Å². The minimum atomic E-state index is -0.528. The van der Waals surface area contributed by atoms with Crippen molar-refractivity contribution >= 4 is 29.1 Å². The van der Waals surface area contributed by atoms with Gasteiger partial charge in [0.25, 0.3) is 0 Å². The molecule has 0 aromatic heterocycles. The zero-order valence-electron chi connectivity index (χ0n) is 15.9. The van der Waals surface area contributed by atoms with Crippen molar-refractivity contribution in [3.8, 4) is 0 Å². The number of nitrogens with zero attached hydrogens (tertiary/aromatic N) is 1. The summed E-state index contributed by atoms with van der Waals surface area (Å²) in [5.41, 5.74) is 1.75. The molecule has 2 N–H and O–H groups in total. The normalized spacial score (nSPS) is 18.6.